The number of rotatable bonds is 2. The number of para-hydroxylation sites is 2. The molecule has 5 heteroatoms. The first-order valence-corrected chi connectivity index (χ1v) is 10.4. The van der Waals surface area contributed by atoms with Crippen LogP contribution in [0.2, 0.25) is 0 Å². The zero-order valence-electron chi connectivity index (χ0n) is 16.9. The molecule has 1 saturated heterocycles. The highest BCUT2D eigenvalue weighted by Gasteiger charge is 2.63. The summed E-state index contributed by atoms with van der Waals surface area (Å²) in [6, 6.07) is 15.6. The third-order valence-corrected chi connectivity index (χ3v) is 7.09. The Kier molecular flexibility index (Phi) is 4.16. The minimum Gasteiger partial charge on any atom is -0.467 e. The van der Waals surface area contributed by atoms with Gasteiger partial charge < -0.3 is 15.0 Å². The van der Waals surface area contributed by atoms with E-state index in [1.165, 1.54) is 0 Å². The van der Waals surface area contributed by atoms with Gasteiger partial charge in [-0.1, -0.05) is 42.8 Å². The quantitative estimate of drug-likeness (QED) is 0.786. The summed E-state index contributed by atoms with van der Waals surface area (Å²) in [5, 5.41) is 3.03. The fourth-order valence-corrected chi connectivity index (χ4v) is 5.64. The molecular formula is C24H26N2O3. The Morgan fingerprint density at radius 1 is 1.14 bits per heavy atom. The van der Waals surface area contributed by atoms with Crippen molar-refractivity contribution in [3.05, 3.63) is 59.7 Å². The lowest BCUT2D eigenvalue weighted by Gasteiger charge is -2.59. The van der Waals surface area contributed by atoms with Crippen LogP contribution < -0.4 is 10.1 Å². The predicted octanol–water partition coefficient (Wildman–Crippen LogP) is 4.08. The molecule has 2 aliphatic heterocycles. The van der Waals surface area contributed by atoms with Gasteiger partial charge in [-0.2, -0.15) is 0 Å². The lowest BCUT2D eigenvalue weighted by atomic mass is 9.61. The van der Waals surface area contributed by atoms with Crippen molar-refractivity contribution in [1.29, 1.82) is 0 Å². The number of fused-ring (bicyclic) bond motifs is 2. The van der Waals surface area contributed by atoms with Crippen LogP contribution in [0.15, 0.2) is 48.5 Å². The third-order valence-electron chi connectivity index (χ3n) is 7.09. The number of nitrogens with one attached hydrogen (secondary N) is 1. The second-order valence-electron chi connectivity index (χ2n) is 8.54. The topological polar surface area (TPSA) is 58.6 Å². The van der Waals surface area contributed by atoms with E-state index in [-0.39, 0.29) is 23.7 Å². The molecule has 0 aromatic heterocycles. The number of benzene rings is 2. The number of hydrogen-bond donors (Lipinski definition) is 1. The van der Waals surface area contributed by atoms with E-state index in [4.69, 9.17) is 4.74 Å². The van der Waals surface area contributed by atoms with Gasteiger partial charge in [-0.05, 0) is 43.0 Å². The zero-order valence-corrected chi connectivity index (χ0v) is 16.9. The van der Waals surface area contributed by atoms with E-state index in [0.29, 0.717) is 0 Å². The summed E-state index contributed by atoms with van der Waals surface area (Å²) >= 11 is 0. The number of carbonyl (C=O) groups excluding carboxylic acids is 2. The smallest absolute Gasteiger partial charge is 0.238 e. The molecule has 5 rings (SSSR count). The first kappa shape index (κ1) is 18.2. The molecule has 4 atom stereocenters. The van der Waals surface area contributed by atoms with Crippen LogP contribution in [-0.2, 0) is 9.59 Å². The highest BCUT2D eigenvalue weighted by molar-refractivity contribution is 6.08. The number of amides is 2. The van der Waals surface area contributed by atoms with Crippen LogP contribution in [0.1, 0.15) is 42.7 Å². The van der Waals surface area contributed by atoms with Gasteiger partial charge in [0.05, 0.1) is 0 Å². The highest BCUT2D eigenvalue weighted by atomic mass is 16.5. The van der Waals surface area contributed by atoms with Gasteiger partial charge in [-0.3, -0.25) is 9.59 Å². The van der Waals surface area contributed by atoms with E-state index >= 15 is 0 Å². The number of ether oxygens (including phenoxy) is 1. The summed E-state index contributed by atoms with van der Waals surface area (Å²) in [7, 11) is 1.80. The number of aryl methyl sites for hydroxylation is 1. The fourth-order valence-electron chi connectivity index (χ4n) is 5.64. The lowest BCUT2D eigenvalue weighted by Crippen LogP contribution is -2.70. The molecule has 2 bridgehead atoms. The van der Waals surface area contributed by atoms with Crippen molar-refractivity contribution < 1.29 is 14.3 Å². The summed E-state index contributed by atoms with van der Waals surface area (Å²) in [6.07, 6.45) is 3.91. The molecule has 0 unspecified atom stereocenters. The van der Waals surface area contributed by atoms with E-state index in [9.17, 15) is 9.59 Å². The second kappa shape index (κ2) is 6.61. The Bertz CT molecular complexity index is 988. The van der Waals surface area contributed by atoms with Crippen molar-refractivity contribution in [2.75, 3.05) is 12.4 Å². The summed E-state index contributed by atoms with van der Waals surface area (Å²) in [5.74, 6) is -0.343. The number of likely N-dealkylation sites (tertiary alicyclic amines) is 1. The molecule has 2 amide bonds. The van der Waals surface area contributed by atoms with Crippen LogP contribution >= 0.6 is 0 Å². The number of piperidine rings is 1. The number of anilines is 1. The standard InChI is InChI=1S/C24H26N2O3/c1-15-9-3-5-12-18(15)25-22(27)21-20-16-10-4-6-13-19(16)29-24(26(2)23(21)28)14-8-7-11-17(20)24/h3-6,9-10,12-13,17,20-21H,7-8,11,14H2,1-2H3,(H,25,27)/t17-,20+,21-,24+/m1/s1. The first-order chi connectivity index (χ1) is 14.0. The van der Waals surface area contributed by atoms with Gasteiger partial charge in [0, 0.05) is 31.0 Å². The summed E-state index contributed by atoms with van der Waals surface area (Å²) in [6.45, 7) is 1.96. The molecule has 1 N–H and O–H groups in total. The number of hydrogen-bond acceptors (Lipinski definition) is 3. The van der Waals surface area contributed by atoms with Crippen LogP contribution in [-0.4, -0.2) is 29.5 Å². The minimum absolute atomic E-state index is 0.126. The summed E-state index contributed by atoms with van der Waals surface area (Å²) in [4.78, 5) is 28.7. The van der Waals surface area contributed by atoms with Crippen molar-refractivity contribution in [1.82, 2.24) is 4.90 Å². The lowest BCUT2D eigenvalue weighted by molar-refractivity contribution is -0.201. The molecule has 2 heterocycles. The SMILES string of the molecule is Cc1ccccc1NC(=O)[C@@H]1C(=O)N(C)[C@]23CCCC[C@@H]2[C@@H]1c1ccccc1O3. The fraction of sp³-hybridized carbons (Fsp3) is 0.417. The average molecular weight is 390 g/mol. The van der Waals surface area contributed by atoms with Gasteiger partial charge in [0.2, 0.25) is 11.8 Å². The van der Waals surface area contributed by atoms with E-state index < -0.39 is 11.6 Å². The average Bonchev–Trinajstić information content (AvgIpc) is 2.73. The Labute approximate surface area is 171 Å². The van der Waals surface area contributed by atoms with Crippen molar-refractivity contribution in [3.63, 3.8) is 0 Å². The van der Waals surface area contributed by atoms with Crippen LogP contribution in [0, 0.1) is 18.8 Å². The van der Waals surface area contributed by atoms with Gasteiger partial charge in [0.25, 0.3) is 0 Å². The zero-order chi connectivity index (χ0) is 20.2. The molecule has 0 spiro atoms. The van der Waals surface area contributed by atoms with E-state index in [1.807, 2.05) is 55.5 Å². The predicted molar refractivity (Wildman–Crippen MR) is 111 cm³/mol. The first-order valence-electron chi connectivity index (χ1n) is 10.4. The van der Waals surface area contributed by atoms with Gasteiger partial charge in [-0.15, -0.1) is 0 Å². The van der Waals surface area contributed by atoms with Crippen molar-refractivity contribution >= 4 is 17.5 Å². The highest BCUT2D eigenvalue weighted by Crippen LogP contribution is 2.58. The van der Waals surface area contributed by atoms with Crippen LogP contribution in [0.25, 0.3) is 0 Å². The molecule has 29 heavy (non-hydrogen) atoms. The molecule has 5 nitrogen and oxygen atoms in total. The van der Waals surface area contributed by atoms with Crippen LogP contribution in [0.4, 0.5) is 5.69 Å². The Morgan fingerprint density at radius 3 is 2.72 bits per heavy atom. The molecule has 3 aliphatic rings. The van der Waals surface area contributed by atoms with E-state index in [1.54, 1.807) is 11.9 Å². The number of carbonyl (C=O) groups is 2. The van der Waals surface area contributed by atoms with Gasteiger partial charge >= 0.3 is 0 Å². The van der Waals surface area contributed by atoms with Crippen molar-refractivity contribution in [3.8, 4) is 5.75 Å². The third kappa shape index (κ3) is 2.60. The largest absolute Gasteiger partial charge is 0.467 e. The van der Waals surface area contributed by atoms with Gasteiger partial charge in [-0.25, -0.2) is 0 Å². The molecule has 2 aromatic rings. The molecular weight excluding hydrogens is 364 g/mol. The van der Waals surface area contributed by atoms with E-state index in [0.717, 1.165) is 48.2 Å². The maximum absolute atomic E-state index is 13.5. The molecule has 2 fully saturated rings. The molecule has 2 aromatic carbocycles. The van der Waals surface area contributed by atoms with Gasteiger partial charge in [0.1, 0.15) is 11.7 Å². The van der Waals surface area contributed by atoms with Gasteiger partial charge in [0.15, 0.2) is 5.72 Å². The van der Waals surface area contributed by atoms with Crippen LogP contribution in [0.5, 0.6) is 5.75 Å². The maximum Gasteiger partial charge on any atom is 0.238 e. The molecule has 0 radical (unpaired) electrons. The summed E-state index contributed by atoms with van der Waals surface area (Å²) < 4.78 is 6.52. The summed E-state index contributed by atoms with van der Waals surface area (Å²) in [5.41, 5.74) is 2.10. The Balaban J connectivity index is 1.60. The van der Waals surface area contributed by atoms with Crippen LogP contribution in [0.3, 0.4) is 0 Å². The minimum atomic E-state index is -0.749. The molecule has 1 saturated carbocycles. The molecule has 150 valence electrons. The second-order valence-corrected chi connectivity index (χ2v) is 8.54. The number of nitrogens with zero attached hydrogens (tertiary/aromatic N) is 1. The Hall–Kier alpha value is -2.82. The maximum atomic E-state index is 13.5. The van der Waals surface area contributed by atoms with Crippen molar-refractivity contribution in [2.45, 2.75) is 44.2 Å². The van der Waals surface area contributed by atoms with Crippen molar-refractivity contribution in [2.24, 2.45) is 11.8 Å². The Morgan fingerprint density at radius 2 is 1.90 bits per heavy atom. The monoisotopic (exact) mass is 390 g/mol. The normalized spacial score (nSPS) is 30.1. The molecule has 1 aliphatic carbocycles. The van der Waals surface area contributed by atoms with E-state index in [2.05, 4.69) is 5.32 Å².